The number of carbonyl (C=O) groups is 1. The fraction of sp³-hybridized carbons (Fsp3) is 0.292. The summed E-state index contributed by atoms with van der Waals surface area (Å²) < 4.78 is 15.1. The lowest BCUT2D eigenvalue weighted by atomic mass is 10.2. The second-order valence-electron chi connectivity index (χ2n) is 7.89. The molecule has 0 saturated heterocycles. The molecule has 180 valence electrons. The summed E-state index contributed by atoms with van der Waals surface area (Å²) in [5.41, 5.74) is 8.42. The minimum Gasteiger partial charge on any atom is -0.506 e. The van der Waals surface area contributed by atoms with Gasteiger partial charge in [-0.3, -0.25) is 9.00 Å². The van der Waals surface area contributed by atoms with Gasteiger partial charge in [0.1, 0.15) is 11.3 Å². The van der Waals surface area contributed by atoms with Crippen molar-refractivity contribution in [1.82, 2.24) is 9.71 Å². The summed E-state index contributed by atoms with van der Waals surface area (Å²) in [6.45, 7) is 1.03. The van der Waals surface area contributed by atoms with Crippen LogP contribution >= 0.6 is 11.3 Å². The van der Waals surface area contributed by atoms with Gasteiger partial charge in [0, 0.05) is 45.9 Å². The van der Waals surface area contributed by atoms with E-state index in [1.165, 1.54) is 11.3 Å². The minimum atomic E-state index is -2.16. The monoisotopic (exact) mass is 499 g/mol. The number of phenols is 1. The molecule has 2 aromatic carbocycles. The van der Waals surface area contributed by atoms with Gasteiger partial charge in [0.2, 0.25) is 5.91 Å². The number of anilines is 3. The molecule has 1 atom stereocenters. The Morgan fingerprint density at radius 3 is 2.82 bits per heavy atom. The first-order valence-electron chi connectivity index (χ1n) is 10.8. The summed E-state index contributed by atoms with van der Waals surface area (Å²) in [7, 11) is -2.16. The highest BCUT2D eigenvalue weighted by atomic mass is 32.2. The van der Waals surface area contributed by atoms with Gasteiger partial charge in [0.25, 0.3) is 0 Å². The summed E-state index contributed by atoms with van der Waals surface area (Å²) in [5, 5.41) is 16.6. The number of benzene rings is 2. The maximum atomic E-state index is 12.2. The summed E-state index contributed by atoms with van der Waals surface area (Å²) >= 11 is 1.30. The van der Waals surface area contributed by atoms with Crippen molar-refractivity contribution in [2.24, 2.45) is 0 Å². The highest BCUT2D eigenvalue weighted by Crippen LogP contribution is 2.31. The molecular formula is C24H29N5O3S2. The van der Waals surface area contributed by atoms with Crippen LogP contribution in [0.1, 0.15) is 31.2 Å². The van der Waals surface area contributed by atoms with Crippen LogP contribution in [0.25, 0.3) is 10.2 Å². The number of amides is 1. The molecule has 3 aromatic rings. The normalized spacial score (nSPS) is 12.5. The number of thiazole rings is 1. The van der Waals surface area contributed by atoms with E-state index in [-0.39, 0.29) is 11.7 Å². The number of aromatic nitrogens is 1. The predicted octanol–water partition coefficient (Wildman–Crippen LogP) is 3.40. The van der Waals surface area contributed by atoms with Crippen molar-refractivity contribution in [2.75, 3.05) is 35.7 Å². The highest BCUT2D eigenvalue weighted by molar-refractivity contribution is 7.97. The number of nitrogens with one attached hydrogen (secondary N) is 3. The Labute approximate surface area is 204 Å². The number of nitrogen functional groups attached to an aromatic ring is 1. The molecule has 0 aliphatic carbocycles. The number of nitrogens with zero attached hydrogens (tertiary/aromatic N) is 1. The molecule has 6 N–H and O–H groups in total. The fourth-order valence-corrected chi connectivity index (χ4v) is 4.57. The van der Waals surface area contributed by atoms with E-state index in [0.717, 1.165) is 29.6 Å². The van der Waals surface area contributed by atoms with Crippen molar-refractivity contribution >= 4 is 59.5 Å². The van der Waals surface area contributed by atoms with Crippen LogP contribution in [0.15, 0.2) is 36.4 Å². The minimum absolute atomic E-state index is 0.0414. The first-order chi connectivity index (χ1) is 16.2. The number of aromatic hydroxyl groups is 1. The molecule has 1 amide bonds. The third kappa shape index (κ3) is 8.26. The van der Waals surface area contributed by atoms with E-state index in [0.29, 0.717) is 41.4 Å². The number of nitrogens with two attached hydrogens (primary N) is 1. The smallest absolute Gasteiger partial charge is 0.224 e. The molecule has 0 fully saturated rings. The fourth-order valence-electron chi connectivity index (χ4n) is 3.20. The van der Waals surface area contributed by atoms with Gasteiger partial charge in [-0.1, -0.05) is 35.7 Å². The zero-order valence-electron chi connectivity index (χ0n) is 19.0. The molecule has 0 bridgehead atoms. The van der Waals surface area contributed by atoms with Crippen molar-refractivity contribution < 1.29 is 14.1 Å². The number of fused-ring (bicyclic) bond motifs is 1. The molecular weight excluding hydrogens is 470 g/mol. The molecule has 0 aliphatic rings. The number of unbranched alkanes of at least 4 members (excludes halogenated alkanes) is 2. The molecule has 0 saturated carbocycles. The Balaban J connectivity index is 1.44. The SMILES string of the molecule is C=S(C)(=O)NCCCCCC(=O)Nc1cccc(NCC#Cc2cc(O)c3nc(N)sc3c2)c1. The third-order valence-corrected chi connectivity index (χ3v) is 6.39. The maximum absolute atomic E-state index is 12.2. The summed E-state index contributed by atoms with van der Waals surface area (Å²) in [6.07, 6.45) is 4.48. The van der Waals surface area contributed by atoms with Gasteiger partial charge < -0.3 is 21.5 Å². The van der Waals surface area contributed by atoms with Crippen LogP contribution in [-0.4, -0.2) is 45.4 Å². The average molecular weight is 500 g/mol. The molecule has 34 heavy (non-hydrogen) atoms. The second-order valence-corrected chi connectivity index (χ2v) is 11.2. The maximum Gasteiger partial charge on any atom is 0.224 e. The molecule has 3 rings (SSSR count). The topological polar surface area (TPSA) is 129 Å². The summed E-state index contributed by atoms with van der Waals surface area (Å²) in [6, 6.07) is 10.9. The van der Waals surface area contributed by atoms with E-state index in [1.54, 1.807) is 12.3 Å². The largest absolute Gasteiger partial charge is 0.506 e. The first kappa shape index (κ1) is 25.4. The zero-order chi connectivity index (χ0) is 24.6. The van der Waals surface area contributed by atoms with E-state index in [2.05, 4.69) is 38.1 Å². The third-order valence-electron chi connectivity index (χ3n) is 4.74. The van der Waals surface area contributed by atoms with Crippen LogP contribution in [-0.2, 0) is 14.5 Å². The van der Waals surface area contributed by atoms with Gasteiger partial charge in [-0.05, 0) is 49.0 Å². The van der Waals surface area contributed by atoms with Gasteiger partial charge >= 0.3 is 0 Å². The van der Waals surface area contributed by atoms with E-state index in [4.69, 9.17) is 5.73 Å². The Kier molecular flexibility index (Phi) is 8.76. The van der Waals surface area contributed by atoms with E-state index in [1.807, 2.05) is 30.3 Å². The predicted molar refractivity (Wildman–Crippen MR) is 144 cm³/mol. The van der Waals surface area contributed by atoms with E-state index >= 15 is 0 Å². The zero-order valence-corrected chi connectivity index (χ0v) is 20.7. The van der Waals surface area contributed by atoms with Crippen LogP contribution in [0.3, 0.4) is 0 Å². The summed E-state index contributed by atoms with van der Waals surface area (Å²) in [4.78, 5) is 16.3. The van der Waals surface area contributed by atoms with Crippen molar-refractivity contribution in [3.05, 3.63) is 42.0 Å². The van der Waals surface area contributed by atoms with Gasteiger partial charge in [-0.25, -0.2) is 9.71 Å². The Morgan fingerprint density at radius 1 is 1.24 bits per heavy atom. The van der Waals surface area contributed by atoms with Crippen molar-refractivity contribution in [2.45, 2.75) is 25.7 Å². The van der Waals surface area contributed by atoms with Gasteiger partial charge in [0.05, 0.1) is 11.2 Å². The summed E-state index contributed by atoms with van der Waals surface area (Å²) in [5.74, 6) is 9.62. The lowest BCUT2D eigenvalue weighted by Crippen LogP contribution is -2.22. The number of hydrogen-bond donors (Lipinski definition) is 5. The Morgan fingerprint density at radius 2 is 2.03 bits per heavy atom. The number of hydrogen-bond acceptors (Lipinski definition) is 7. The van der Waals surface area contributed by atoms with Crippen LogP contribution < -0.4 is 21.1 Å². The standard InChI is InChI=1S/C24H29N5O3S2/c1-34(2,32)27-13-5-3-4-11-22(31)28-19-10-6-9-18(16-19)26-12-7-8-17-14-20(30)23-21(15-17)33-24(25)29-23/h6,9-10,14-16,26,30H,1,3-5,11-13H2,2H3,(H2,25,29)(H,27,32)(H,28,31). The van der Waals surface area contributed by atoms with Gasteiger partial charge in [-0.2, -0.15) is 0 Å². The van der Waals surface area contributed by atoms with Crippen LogP contribution in [0.5, 0.6) is 5.75 Å². The highest BCUT2D eigenvalue weighted by Gasteiger charge is 2.07. The lowest BCUT2D eigenvalue weighted by Gasteiger charge is -2.08. The number of phenolic OH excluding ortho intramolecular Hbond substituents is 1. The van der Waals surface area contributed by atoms with Crippen LogP contribution in [0.4, 0.5) is 16.5 Å². The molecule has 1 heterocycles. The molecule has 0 aliphatic heterocycles. The van der Waals surface area contributed by atoms with Crippen molar-refractivity contribution in [1.29, 1.82) is 0 Å². The quantitative estimate of drug-likeness (QED) is 0.165. The Hall–Kier alpha value is -3.26. The van der Waals surface area contributed by atoms with Crippen molar-refractivity contribution in [3.63, 3.8) is 0 Å². The molecule has 1 unspecified atom stereocenters. The van der Waals surface area contributed by atoms with E-state index < -0.39 is 9.71 Å². The lowest BCUT2D eigenvalue weighted by molar-refractivity contribution is -0.116. The first-order valence-corrected chi connectivity index (χ1v) is 13.7. The number of carbonyl (C=O) groups excluding carboxylic acids is 1. The molecule has 0 radical (unpaired) electrons. The molecule has 8 nitrogen and oxygen atoms in total. The molecule has 0 spiro atoms. The average Bonchev–Trinajstić information content (AvgIpc) is 3.14. The van der Waals surface area contributed by atoms with Crippen LogP contribution in [0, 0.1) is 11.8 Å². The van der Waals surface area contributed by atoms with Gasteiger partial charge in [0.15, 0.2) is 5.13 Å². The van der Waals surface area contributed by atoms with E-state index in [9.17, 15) is 14.1 Å². The van der Waals surface area contributed by atoms with Crippen LogP contribution in [0.2, 0.25) is 0 Å². The number of rotatable bonds is 10. The molecule has 1 aromatic heterocycles. The Bertz CT molecular complexity index is 1320. The molecule has 10 heteroatoms. The second kappa shape index (κ2) is 11.7. The van der Waals surface area contributed by atoms with Gasteiger partial charge in [-0.15, -0.1) is 0 Å². The van der Waals surface area contributed by atoms with Crippen molar-refractivity contribution in [3.8, 4) is 17.6 Å².